The van der Waals surface area contributed by atoms with Crippen molar-refractivity contribution >= 4 is 20.6 Å². The van der Waals surface area contributed by atoms with Crippen LogP contribution in [0.5, 0.6) is 5.75 Å². The van der Waals surface area contributed by atoms with Crippen LogP contribution in [-0.2, 0) is 37.6 Å². The zero-order chi connectivity index (χ0) is 23.3. The lowest BCUT2D eigenvalue weighted by atomic mass is 9.55. The number of aryl methyl sites for hydroxylation is 2. The van der Waals surface area contributed by atoms with Gasteiger partial charge in [0.1, 0.15) is 5.75 Å². The van der Waals surface area contributed by atoms with Crippen molar-refractivity contribution in [2.45, 2.75) is 83.7 Å². The van der Waals surface area contributed by atoms with E-state index in [0.717, 1.165) is 62.5 Å². The topological polar surface area (TPSA) is 139 Å². The first-order valence-corrected chi connectivity index (χ1v) is 14.4. The van der Waals surface area contributed by atoms with Gasteiger partial charge in [-0.05, 0) is 97.3 Å². The largest absolute Gasteiger partial charge is 0.380 e. The molecule has 0 unspecified atom stereocenters. The Kier molecular flexibility index (Phi) is 6.39. The maximum atomic E-state index is 11.6. The maximum Gasteiger partial charge on any atom is 0.380 e. The Morgan fingerprint density at radius 1 is 1.06 bits per heavy atom. The average molecular weight is 487 g/mol. The summed E-state index contributed by atoms with van der Waals surface area (Å²) in [4.78, 5) is 0. The van der Waals surface area contributed by atoms with E-state index in [1.807, 2.05) is 6.07 Å². The summed E-state index contributed by atoms with van der Waals surface area (Å²) in [5, 5.41) is 10.4. The van der Waals surface area contributed by atoms with Crippen molar-refractivity contribution in [3.63, 3.8) is 0 Å². The van der Waals surface area contributed by atoms with Gasteiger partial charge >= 0.3 is 20.6 Å². The Morgan fingerprint density at radius 3 is 2.47 bits per heavy atom. The molecule has 10 heteroatoms. The highest BCUT2D eigenvalue weighted by molar-refractivity contribution is 7.84. The summed E-state index contributed by atoms with van der Waals surface area (Å²) >= 11 is 0. The van der Waals surface area contributed by atoms with E-state index in [0.29, 0.717) is 29.9 Å². The van der Waals surface area contributed by atoms with Crippen molar-refractivity contribution in [3.05, 3.63) is 28.8 Å². The number of unbranched alkanes of at least 4 members (excludes halogenated alkanes) is 1. The highest BCUT2D eigenvalue weighted by atomic mass is 32.2. The summed E-state index contributed by atoms with van der Waals surface area (Å²) in [6.45, 7) is 4.25. The Hall–Kier alpha value is -1.20. The smallest absolute Gasteiger partial charge is 0.371 e. The molecule has 1 aromatic carbocycles. The van der Waals surface area contributed by atoms with Crippen molar-refractivity contribution < 1.29 is 25.2 Å². The molecule has 0 saturated heterocycles. The fourth-order valence-electron chi connectivity index (χ4n) is 6.68. The minimum Gasteiger partial charge on any atom is -0.371 e. The monoisotopic (exact) mass is 486 g/mol. The molecule has 5 atom stereocenters. The Balaban J connectivity index is 1.65. The van der Waals surface area contributed by atoms with Gasteiger partial charge in [0.2, 0.25) is 0 Å². The predicted octanol–water partition coefficient (Wildman–Crippen LogP) is 3.06. The van der Waals surface area contributed by atoms with Gasteiger partial charge in [-0.25, -0.2) is 5.14 Å². The van der Waals surface area contributed by atoms with Crippen molar-refractivity contribution in [1.82, 2.24) is 0 Å². The molecule has 4 rings (SSSR count). The lowest BCUT2D eigenvalue weighted by molar-refractivity contribution is -0.00803. The first kappa shape index (κ1) is 23.9. The molecule has 0 spiro atoms. The third-order valence-corrected chi connectivity index (χ3v) is 8.99. The minimum atomic E-state index is -4.09. The van der Waals surface area contributed by atoms with Gasteiger partial charge in [-0.2, -0.15) is 22.0 Å². The highest BCUT2D eigenvalue weighted by Crippen LogP contribution is 2.61. The zero-order valence-electron chi connectivity index (χ0n) is 18.7. The number of nitrogens with two attached hydrogens (primary N) is 2. The molecule has 4 N–H and O–H groups in total. The quantitative estimate of drug-likeness (QED) is 0.607. The van der Waals surface area contributed by atoms with Crippen molar-refractivity contribution in [2.24, 2.45) is 27.5 Å². The molecule has 0 aliphatic heterocycles. The summed E-state index contributed by atoms with van der Waals surface area (Å²) in [7, 11) is -8.07. The van der Waals surface area contributed by atoms with E-state index >= 15 is 0 Å². The third-order valence-electron chi connectivity index (χ3n) is 8.07. The summed E-state index contributed by atoms with van der Waals surface area (Å²) in [5.74, 6) is 1.54. The van der Waals surface area contributed by atoms with Crippen molar-refractivity contribution in [2.75, 3.05) is 0 Å². The maximum absolute atomic E-state index is 11.6. The van der Waals surface area contributed by atoms with Crippen molar-refractivity contribution in [1.29, 1.82) is 0 Å². The van der Waals surface area contributed by atoms with Gasteiger partial charge in [-0.3, -0.25) is 4.18 Å². The lowest BCUT2D eigenvalue weighted by Gasteiger charge is -2.50. The van der Waals surface area contributed by atoms with Crippen LogP contribution >= 0.6 is 0 Å². The number of fused-ring (bicyclic) bond motifs is 5. The second kappa shape index (κ2) is 8.54. The van der Waals surface area contributed by atoms with E-state index in [-0.39, 0.29) is 11.5 Å². The Bertz CT molecular complexity index is 1090. The highest BCUT2D eigenvalue weighted by Gasteiger charge is 2.56. The fraction of sp³-hybridized carbons (Fsp3) is 0.727. The number of hydrogen-bond acceptors (Lipinski definition) is 6. The van der Waals surface area contributed by atoms with Crippen LogP contribution < -0.4 is 14.5 Å². The van der Waals surface area contributed by atoms with Crippen molar-refractivity contribution in [3.8, 4) is 5.75 Å². The number of benzene rings is 1. The van der Waals surface area contributed by atoms with Gasteiger partial charge < -0.3 is 4.18 Å². The molecule has 1 aromatic rings. The molecule has 0 amide bonds. The van der Waals surface area contributed by atoms with Gasteiger partial charge in [-0.15, -0.1) is 0 Å². The van der Waals surface area contributed by atoms with Crippen LogP contribution in [-0.4, -0.2) is 22.9 Å². The SMILES string of the molecule is CCCCc1cc2c(cc1OS(N)(=O)=O)CC[C@@H]1[C@@H]2CC[C@]2(C)[C@@H](OS(N)(=O)=O)CC[C@@H]12. The van der Waals surface area contributed by atoms with Crippen LogP contribution in [0.2, 0.25) is 0 Å². The van der Waals surface area contributed by atoms with E-state index in [9.17, 15) is 16.8 Å². The molecule has 32 heavy (non-hydrogen) atoms. The standard InChI is InChI=1S/C22H34N2O6S2/c1-3-4-5-15-12-18-14(13-20(15)29-31(23,25)26)6-7-17-16(18)10-11-22(2)19(17)8-9-21(22)30-32(24,27)28/h12-13,16-17,19,21H,3-11H2,1-2H3,(H2,23,25,26)(H2,24,27,28)/t16-,17+,19-,21-,22-/m0/s1. The summed E-state index contributed by atoms with van der Waals surface area (Å²) < 4.78 is 56.9. The zero-order valence-corrected chi connectivity index (χ0v) is 20.4. The Morgan fingerprint density at radius 2 is 1.81 bits per heavy atom. The molecular weight excluding hydrogens is 452 g/mol. The molecule has 180 valence electrons. The van der Waals surface area contributed by atoms with Crippen LogP contribution in [0.1, 0.15) is 81.4 Å². The summed E-state index contributed by atoms with van der Waals surface area (Å²) in [6.07, 6.45) is 7.55. The van der Waals surface area contributed by atoms with Gasteiger partial charge in [0.15, 0.2) is 0 Å². The average Bonchev–Trinajstić information content (AvgIpc) is 2.99. The van der Waals surface area contributed by atoms with Crippen LogP contribution in [0.3, 0.4) is 0 Å². The molecule has 0 radical (unpaired) electrons. The molecule has 3 aliphatic rings. The van der Waals surface area contributed by atoms with E-state index in [2.05, 4.69) is 19.9 Å². The fourth-order valence-corrected chi connectivity index (χ4v) is 7.73. The van der Waals surface area contributed by atoms with E-state index in [4.69, 9.17) is 18.6 Å². The lowest BCUT2D eigenvalue weighted by Crippen LogP contribution is -2.45. The van der Waals surface area contributed by atoms with Crippen LogP contribution in [0.4, 0.5) is 0 Å². The first-order valence-electron chi connectivity index (χ1n) is 11.5. The van der Waals surface area contributed by atoms with Gasteiger partial charge in [0, 0.05) is 0 Å². The first-order chi connectivity index (χ1) is 14.9. The third kappa shape index (κ3) is 4.70. The van der Waals surface area contributed by atoms with E-state index in [1.54, 1.807) is 0 Å². The van der Waals surface area contributed by atoms with E-state index in [1.165, 1.54) is 5.56 Å². The summed E-state index contributed by atoms with van der Waals surface area (Å²) in [5.41, 5.74) is 3.10. The number of hydrogen-bond donors (Lipinski definition) is 2. The van der Waals surface area contributed by atoms with Gasteiger partial charge in [-0.1, -0.05) is 26.3 Å². The van der Waals surface area contributed by atoms with Gasteiger partial charge in [0.25, 0.3) is 0 Å². The molecular formula is C22H34N2O6S2. The molecule has 2 saturated carbocycles. The molecule has 0 heterocycles. The van der Waals surface area contributed by atoms with Crippen LogP contribution in [0, 0.1) is 17.3 Å². The molecule has 2 fully saturated rings. The molecule has 8 nitrogen and oxygen atoms in total. The second-order valence-corrected chi connectivity index (χ2v) is 12.3. The predicted molar refractivity (Wildman–Crippen MR) is 121 cm³/mol. The van der Waals surface area contributed by atoms with Crippen LogP contribution in [0.25, 0.3) is 0 Å². The normalized spacial score (nSPS) is 32.1. The Labute approximate surface area is 191 Å². The summed E-state index contributed by atoms with van der Waals surface area (Å²) in [6, 6.07) is 4.01. The molecule has 0 aromatic heterocycles. The van der Waals surface area contributed by atoms with Gasteiger partial charge in [0.05, 0.1) is 6.10 Å². The molecule has 0 bridgehead atoms. The van der Waals surface area contributed by atoms with Crippen LogP contribution in [0.15, 0.2) is 12.1 Å². The number of rotatable bonds is 7. The van der Waals surface area contributed by atoms with E-state index < -0.39 is 20.6 Å². The second-order valence-electron chi connectivity index (χ2n) is 9.95. The minimum absolute atomic E-state index is 0.202. The molecule has 3 aliphatic carbocycles.